The Labute approximate surface area is 191 Å². The summed E-state index contributed by atoms with van der Waals surface area (Å²) in [6, 6.07) is 16.6. The van der Waals surface area contributed by atoms with Gasteiger partial charge in [0.05, 0.1) is 4.88 Å². The van der Waals surface area contributed by atoms with E-state index >= 15 is 0 Å². The lowest BCUT2D eigenvalue weighted by Crippen LogP contribution is -2.15. The van der Waals surface area contributed by atoms with E-state index in [4.69, 9.17) is 9.47 Å². The molecule has 2 aromatic carbocycles. The Balaban J connectivity index is 1.38. The van der Waals surface area contributed by atoms with Gasteiger partial charge in [0.1, 0.15) is 11.5 Å². The molecule has 0 spiro atoms. The van der Waals surface area contributed by atoms with Crippen molar-refractivity contribution in [3.05, 3.63) is 76.0 Å². The highest BCUT2D eigenvalue weighted by atomic mass is 32.1. The van der Waals surface area contributed by atoms with Gasteiger partial charge in [-0.3, -0.25) is 14.4 Å². The minimum atomic E-state index is -0.490. The zero-order chi connectivity index (χ0) is 22.9. The summed E-state index contributed by atoms with van der Waals surface area (Å²) < 4.78 is 10.9. The Hall–Kier alpha value is -3.45. The molecule has 0 saturated heterocycles. The molecule has 0 unspecified atom stereocenters. The minimum absolute atomic E-state index is 0.0771. The number of ether oxygens (including phenoxy) is 2. The third-order valence-electron chi connectivity index (χ3n) is 4.65. The minimum Gasteiger partial charge on any atom is -0.457 e. The van der Waals surface area contributed by atoms with Gasteiger partial charge in [-0.25, -0.2) is 0 Å². The van der Waals surface area contributed by atoms with E-state index in [9.17, 15) is 14.4 Å². The molecule has 7 heteroatoms. The quantitative estimate of drug-likeness (QED) is 0.316. The van der Waals surface area contributed by atoms with Crippen LogP contribution < -0.4 is 10.1 Å². The van der Waals surface area contributed by atoms with Crippen molar-refractivity contribution in [2.45, 2.75) is 33.1 Å². The van der Waals surface area contributed by atoms with E-state index in [2.05, 4.69) is 5.32 Å². The molecule has 0 aliphatic rings. The maximum atomic E-state index is 12.1. The number of anilines is 1. The van der Waals surface area contributed by atoms with Gasteiger partial charge < -0.3 is 14.8 Å². The monoisotopic (exact) mass is 451 g/mol. The average Bonchev–Trinajstić information content (AvgIpc) is 3.31. The van der Waals surface area contributed by atoms with Crippen LogP contribution in [-0.4, -0.2) is 24.3 Å². The molecule has 0 aliphatic heterocycles. The van der Waals surface area contributed by atoms with Crippen LogP contribution in [0.1, 0.15) is 40.1 Å². The summed E-state index contributed by atoms with van der Waals surface area (Å²) in [6.45, 7) is 3.72. The summed E-state index contributed by atoms with van der Waals surface area (Å²) in [7, 11) is 0. The van der Waals surface area contributed by atoms with Crippen LogP contribution in [-0.2, 0) is 14.3 Å². The smallest absolute Gasteiger partial charge is 0.306 e. The van der Waals surface area contributed by atoms with Gasteiger partial charge in [-0.15, -0.1) is 11.3 Å². The van der Waals surface area contributed by atoms with Crippen molar-refractivity contribution in [1.82, 2.24) is 0 Å². The van der Waals surface area contributed by atoms with Crippen LogP contribution in [0.3, 0.4) is 0 Å². The fraction of sp³-hybridized carbons (Fsp3) is 0.240. The first-order valence-electron chi connectivity index (χ1n) is 10.3. The number of ketones is 1. The third-order valence-corrected chi connectivity index (χ3v) is 5.57. The van der Waals surface area contributed by atoms with Gasteiger partial charge >= 0.3 is 5.97 Å². The van der Waals surface area contributed by atoms with Gasteiger partial charge in [0, 0.05) is 18.5 Å². The molecule has 1 amide bonds. The molecular weight excluding hydrogens is 426 g/mol. The van der Waals surface area contributed by atoms with Gasteiger partial charge in [0.2, 0.25) is 11.7 Å². The molecule has 0 aliphatic carbocycles. The lowest BCUT2D eigenvalue weighted by Gasteiger charge is -2.11. The van der Waals surface area contributed by atoms with Crippen molar-refractivity contribution < 1.29 is 23.9 Å². The second-order valence-corrected chi connectivity index (χ2v) is 8.31. The van der Waals surface area contributed by atoms with Crippen molar-refractivity contribution >= 4 is 34.7 Å². The fourth-order valence-corrected chi connectivity index (χ4v) is 3.55. The highest BCUT2D eigenvalue weighted by Crippen LogP contribution is 2.27. The second kappa shape index (κ2) is 11.2. The molecule has 32 heavy (non-hydrogen) atoms. The molecule has 1 aromatic heterocycles. The van der Waals surface area contributed by atoms with Crippen molar-refractivity contribution in [2.75, 3.05) is 11.9 Å². The normalized spacial score (nSPS) is 10.4. The molecule has 3 rings (SSSR count). The molecule has 0 radical (unpaired) electrons. The first-order chi connectivity index (χ1) is 15.4. The summed E-state index contributed by atoms with van der Waals surface area (Å²) in [4.78, 5) is 36.3. The molecule has 1 heterocycles. The van der Waals surface area contributed by atoms with Crippen LogP contribution in [0.4, 0.5) is 5.69 Å². The first kappa shape index (κ1) is 23.2. The summed E-state index contributed by atoms with van der Waals surface area (Å²) in [5, 5.41) is 4.59. The molecule has 3 aromatic rings. The number of hydrogen-bond acceptors (Lipinski definition) is 6. The zero-order valence-corrected chi connectivity index (χ0v) is 18.9. The number of rotatable bonds is 10. The second-order valence-electron chi connectivity index (χ2n) is 7.36. The van der Waals surface area contributed by atoms with Crippen LogP contribution in [0, 0.1) is 13.8 Å². The van der Waals surface area contributed by atoms with E-state index in [1.165, 1.54) is 11.3 Å². The molecular formula is C25H25NO5S. The van der Waals surface area contributed by atoms with E-state index in [0.717, 1.165) is 16.9 Å². The van der Waals surface area contributed by atoms with E-state index in [-0.39, 0.29) is 31.1 Å². The number of carbonyl (C=O) groups is 3. The van der Waals surface area contributed by atoms with E-state index < -0.39 is 5.97 Å². The van der Waals surface area contributed by atoms with Gasteiger partial charge in [-0.2, -0.15) is 0 Å². The van der Waals surface area contributed by atoms with Crippen molar-refractivity contribution in [2.24, 2.45) is 0 Å². The molecule has 166 valence electrons. The van der Waals surface area contributed by atoms with Crippen molar-refractivity contribution in [1.29, 1.82) is 0 Å². The number of amides is 1. The molecule has 0 saturated carbocycles. The summed E-state index contributed by atoms with van der Waals surface area (Å²) >= 11 is 1.31. The average molecular weight is 452 g/mol. The number of carbonyl (C=O) groups excluding carboxylic acids is 3. The van der Waals surface area contributed by atoms with Crippen molar-refractivity contribution in [3.63, 3.8) is 0 Å². The predicted molar refractivity (Wildman–Crippen MR) is 125 cm³/mol. The standard InChI is InChI=1S/C25H25NO5S/c1-17-8-9-18(2)22(15-17)31-20-12-10-19(11-13-20)26-24(28)6-3-7-25(29)30-16-21(27)23-5-4-14-32-23/h4-5,8-15H,3,6-7,16H2,1-2H3,(H,26,28). The van der Waals surface area contributed by atoms with E-state index in [1.54, 1.807) is 41.8 Å². The van der Waals surface area contributed by atoms with Crippen LogP contribution in [0.5, 0.6) is 11.5 Å². The van der Waals surface area contributed by atoms with Gasteiger partial charge in [0.15, 0.2) is 6.61 Å². The number of thiophene rings is 1. The number of nitrogens with one attached hydrogen (secondary N) is 1. The Bertz CT molecular complexity index is 1070. The van der Waals surface area contributed by atoms with Gasteiger partial charge in [-0.05, 0) is 73.2 Å². The zero-order valence-electron chi connectivity index (χ0n) is 18.1. The van der Waals surface area contributed by atoms with Gasteiger partial charge in [-0.1, -0.05) is 18.2 Å². The highest BCUT2D eigenvalue weighted by Gasteiger charge is 2.12. The van der Waals surface area contributed by atoms with E-state index in [1.807, 2.05) is 32.0 Å². The van der Waals surface area contributed by atoms with E-state index in [0.29, 0.717) is 22.7 Å². The number of aryl methyl sites for hydroxylation is 2. The number of Topliss-reactive ketones (excluding diaryl/α,β-unsaturated/α-hetero) is 1. The molecule has 0 fully saturated rings. The topological polar surface area (TPSA) is 81.7 Å². The number of benzene rings is 2. The van der Waals surface area contributed by atoms with Crippen LogP contribution in [0.25, 0.3) is 0 Å². The van der Waals surface area contributed by atoms with Crippen LogP contribution >= 0.6 is 11.3 Å². The van der Waals surface area contributed by atoms with Crippen LogP contribution in [0.2, 0.25) is 0 Å². The van der Waals surface area contributed by atoms with Gasteiger partial charge in [0.25, 0.3) is 0 Å². The Kier molecular flexibility index (Phi) is 8.16. The van der Waals surface area contributed by atoms with Crippen molar-refractivity contribution in [3.8, 4) is 11.5 Å². The van der Waals surface area contributed by atoms with Crippen LogP contribution in [0.15, 0.2) is 60.0 Å². The molecule has 6 nitrogen and oxygen atoms in total. The lowest BCUT2D eigenvalue weighted by molar-refractivity contribution is -0.142. The predicted octanol–water partition coefficient (Wildman–Crippen LogP) is 5.69. The first-order valence-corrected chi connectivity index (χ1v) is 11.2. The number of hydrogen-bond donors (Lipinski definition) is 1. The lowest BCUT2D eigenvalue weighted by atomic mass is 10.1. The molecule has 1 N–H and O–H groups in total. The molecule has 0 bridgehead atoms. The maximum Gasteiger partial charge on any atom is 0.306 e. The summed E-state index contributed by atoms with van der Waals surface area (Å²) in [6.07, 6.45) is 0.591. The number of esters is 1. The third kappa shape index (κ3) is 7.06. The maximum absolute atomic E-state index is 12.1. The fourth-order valence-electron chi connectivity index (χ4n) is 2.89. The molecule has 0 atom stereocenters. The Morgan fingerprint density at radius 2 is 1.75 bits per heavy atom. The highest BCUT2D eigenvalue weighted by molar-refractivity contribution is 7.12. The SMILES string of the molecule is Cc1ccc(C)c(Oc2ccc(NC(=O)CCCC(=O)OCC(=O)c3cccs3)cc2)c1. The Morgan fingerprint density at radius 1 is 0.969 bits per heavy atom. The largest absolute Gasteiger partial charge is 0.457 e. The Morgan fingerprint density at radius 3 is 2.47 bits per heavy atom. The summed E-state index contributed by atoms with van der Waals surface area (Å²) in [5.41, 5.74) is 2.81. The summed E-state index contributed by atoms with van der Waals surface area (Å²) in [5.74, 6) is 0.560.